The molecule has 21 heavy (non-hydrogen) atoms. The van der Waals surface area contributed by atoms with Crippen LogP contribution in [0.25, 0.3) is 0 Å². The monoisotopic (exact) mass is 309 g/mol. The van der Waals surface area contributed by atoms with Crippen molar-refractivity contribution in [2.75, 3.05) is 19.7 Å². The van der Waals surface area contributed by atoms with E-state index in [1.165, 1.54) is 0 Å². The van der Waals surface area contributed by atoms with Crippen molar-refractivity contribution in [3.05, 3.63) is 34.9 Å². The first-order valence-corrected chi connectivity index (χ1v) is 7.32. The highest BCUT2D eigenvalue weighted by atomic mass is 35.5. The first-order valence-electron chi connectivity index (χ1n) is 6.95. The number of morpholine rings is 1. The summed E-state index contributed by atoms with van der Waals surface area (Å²) < 4.78 is 5.14. The fourth-order valence-corrected chi connectivity index (χ4v) is 3.01. The lowest BCUT2D eigenvalue weighted by atomic mass is 10.1. The van der Waals surface area contributed by atoms with Crippen LogP contribution < -0.4 is 0 Å². The number of ether oxygens (including phenoxy) is 1. The lowest BCUT2D eigenvalue weighted by Gasteiger charge is -2.31. The molecule has 1 aromatic carbocycles. The van der Waals surface area contributed by atoms with Crippen LogP contribution in [-0.2, 0) is 14.3 Å². The topological polar surface area (TPSA) is 66.8 Å². The summed E-state index contributed by atoms with van der Waals surface area (Å²) in [7, 11) is 0. The second-order valence-electron chi connectivity index (χ2n) is 5.49. The number of amides is 1. The van der Waals surface area contributed by atoms with E-state index in [-0.39, 0.29) is 30.9 Å². The predicted molar refractivity (Wildman–Crippen MR) is 76.3 cm³/mol. The third-order valence-corrected chi connectivity index (χ3v) is 4.27. The van der Waals surface area contributed by atoms with Crippen molar-refractivity contribution in [2.45, 2.75) is 18.4 Å². The van der Waals surface area contributed by atoms with Crippen LogP contribution in [0.4, 0.5) is 0 Å². The summed E-state index contributed by atoms with van der Waals surface area (Å²) in [5, 5.41) is 9.64. The van der Waals surface area contributed by atoms with Crippen LogP contribution in [0.5, 0.6) is 0 Å². The fourth-order valence-electron chi connectivity index (χ4n) is 2.81. The molecule has 1 heterocycles. The first-order chi connectivity index (χ1) is 10.1. The summed E-state index contributed by atoms with van der Waals surface area (Å²) in [6.07, 6.45) is -0.111. The molecule has 2 fully saturated rings. The predicted octanol–water partition coefficient (Wildman–Crippen LogP) is 1.76. The van der Waals surface area contributed by atoms with Gasteiger partial charge in [-0.2, -0.15) is 0 Å². The van der Waals surface area contributed by atoms with E-state index in [4.69, 9.17) is 21.4 Å². The van der Waals surface area contributed by atoms with Crippen LogP contribution in [0.2, 0.25) is 5.02 Å². The largest absolute Gasteiger partial charge is 0.479 e. The average Bonchev–Trinajstić information content (AvgIpc) is 3.27. The third kappa shape index (κ3) is 3.04. The molecule has 112 valence electrons. The van der Waals surface area contributed by atoms with Crippen LogP contribution in [0, 0.1) is 5.92 Å². The standard InChI is InChI=1S/C15H16ClNO4/c16-10-3-1-2-9(6-10)11-7-12(11)14(18)17-4-5-21-13(8-17)15(19)20/h1-3,6,11-13H,4-5,7-8H2,(H,19,20)/t11-,12-,13-/m0/s1. The number of carbonyl (C=O) groups is 2. The number of rotatable bonds is 3. The maximum absolute atomic E-state index is 12.4. The van der Waals surface area contributed by atoms with Gasteiger partial charge in [0, 0.05) is 17.5 Å². The molecule has 1 aromatic rings. The Kier molecular flexibility index (Phi) is 3.87. The van der Waals surface area contributed by atoms with Crippen LogP contribution in [0.1, 0.15) is 17.9 Å². The van der Waals surface area contributed by atoms with Gasteiger partial charge in [0.1, 0.15) is 0 Å². The zero-order valence-electron chi connectivity index (χ0n) is 11.4. The van der Waals surface area contributed by atoms with Gasteiger partial charge >= 0.3 is 5.97 Å². The molecule has 0 unspecified atom stereocenters. The quantitative estimate of drug-likeness (QED) is 0.924. The zero-order chi connectivity index (χ0) is 15.0. The lowest BCUT2D eigenvalue weighted by molar-refractivity contribution is -0.159. The number of carboxylic acid groups (broad SMARTS) is 1. The van der Waals surface area contributed by atoms with Crippen molar-refractivity contribution in [3.63, 3.8) is 0 Å². The Morgan fingerprint density at radius 2 is 2.19 bits per heavy atom. The van der Waals surface area contributed by atoms with Crippen LogP contribution in [0.15, 0.2) is 24.3 Å². The Labute approximate surface area is 127 Å². The van der Waals surface area contributed by atoms with Gasteiger partial charge in [-0.05, 0) is 30.0 Å². The summed E-state index contributed by atoms with van der Waals surface area (Å²) in [5.41, 5.74) is 1.07. The Bertz CT molecular complexity index is 577. The molecule has 1 aliphatic carbocycles. The van der Waals surface area contributed by atoms with Gasteiger partial charge in [-0.1, -0.05) is 23.7 Å². The van der Waals surface area contributed by atoms with E-state index in [9.17, 15) is 9.59 Å². The summed E-state index contributed by atoms with van der Waals surface area (Å²) in [6.45, 7) is 0.867. The van der Waals surface area contributed by atoms with E-state index >= 15 is 0 Å². The number of hydrogen-bond acceptors (Lipinski definition) is 3. The number of hydrogen-bond donors (Lipinski definition) is 1. The minimum Gasteiger partial charge on any atom is -0.479 e. The number of benzene rings is 1. The van der Waals surface area contributed by atoms with Gasteiger partial charge in [-0.3, -0.25) is 4.79 Å². The van der Waals surface area contributed by atoms with Crippen molar-refractivity contribution in [1.82, 2.24) is 4.90 Å². The number of nitrogens with zero attached hydrogens (tertiary/aromatic N) is 1. The molecule has 1 amide bonds. The molecule has 1 aliphatic heterocycles. The molecular formula is C15H16ClNO4. The van der Waals surface area contributed by atoms with Gasteiger partial charge < -0.3 is 14.7 Å². The van der Waals surface area contributed by atoms with Crippen molar-refractivity contribution >= 4 is 23.5 Å². The highest BCUT2D eigenvalue weighted by Gasteiger charge is 2.46. The summed E-state index contributed by atoms with van der Waals surface area (Å²) in [6, 6.07) is 7.55. The smallest absolute Gasteiger partial charge is 0.334 e. The number of carboxylic acids is 1. The van der Waals surface area contributed by atoms with Crippen molar-refractivity contribution in [3.8, 4) is 0 Å². The normalized spacial score (nSPS) is 28.2. The highest BCUT2D eigenvalue weighted by Crippen LogP contribution is 2.49. The third-order valence-electron chi connectivity index (χ3n) is 4.04. The van der Waals surface area contributed by atoms with Gasteiger partial charge in [0.15, 0.2) is 6.10 Å². The fraction of sp³-hybridized carbons (Fsp3) is 0.467. The van der Waals surface area contributed by atoms with E-state index in [1.54, 1.807) is 4.90 Å². The Balaban J connectivity index is 1.63. The maximum Gasteiger partial charge on any atom is 0.334 e. The Morgan fingerprint density at radius 3 is 2.90 bits per heavy atom. The Hall–Kier alpha value is -1.59. The number of carbonyl (C=O) groups excluding carboxylic acids is 1. The SMILES string of the molecule is O=C(O)[C@@H]1CN(C(=O)[C@H]2C[C@H]2c2cccc(Cl)c2)CCO1. The van der Waals surface area contributed by atoms with Crippen LogP contribution >= 0.6 is 11.6 Å². The minimum absolute atomic E-state index is 0.0227. The van der Waals surface area contributed by atoms with Gasteiger partial charge in [0.25, 0.3) is 0 Å². The summed E-state index contributed by atoms with van der Waals surface area (Å²) in [4.78, 5) is 25.0. The highest BCUT2D eigenvalue weighted by molar-refractivity contribution is 6.30. The number of halogens is 1. The number of aliphatic carboxylic acids is 1. The molecule has 3 atom stereocenters. The van der Waals surface area contributed by atoms with E-state index in [0.717, 1.165) is 12.0 Å². The minimum atomic E-state index is -1.02. The van der Waals surface area contributed by atoms with E-state index in [0.29, 0.717) is 11.6 Å². The molecule has 0 aromatic heterocycles. The molecule has 3 rings (SSSR count). The van der Waals surface area contributed by atoms with Crippen LogP contribution in [0.3, 0.4) is 0 Å². The zero-order valence-corrected chi connectivity index (χ0v) is 12.1. The van der Waals surface area contributed by atoms with E-state index in [1.807, 2.05) is 24.3 Å². The van der Waals surface area contributed by atoms with E-state index in [2.05, 4.69) is 0 Å². The molecule has 5 nitrogen and oxygen atoms in total. The van der Waals surface area contributed by atoms with Crippen molar-refractivity contribution < 1.29 is 19.4 Å². The Morgan fingerprint density at radius 1 is 1.38 bits per heavy atom. The second kappa shape index (κ2) is 5.66. The van der Waals surface area contributed by atoms with Crippen molar-refractivity contribution in [1.29, 1.82) is 0 Å². The average molecular weight is 310 g/mol. The van der Waals surface area contributed by atoms with Gasteiger partial charge in [0.05, 0.1) is 13.2 Å². The van der Waals surface area contributed by atoms with Crippen molar-refractivity contribution in [2.24, 2.45) is 5.92 Å². The summed E-state index contributed by atoms with van der Waals surface area (Å²) >= 11 is 5.97. The molecule has 2 aliphatic rings. The molecule has 0 bridgehead atoms. The lowest BCUT2D eigenvalue weighted by Crippen LogP contribution is -2.49. The molecule has 0 radical (unpaired) electrons. The first kappa shape index (κ1) is 14.4. The molecule has 1 saturated carbocycles. The van der Waals surface area contributed by atoms with Gasteiger partial charge in [0.2, 0.25) is 5.91 Å². The van der Waals surface area contributed by atoms with E-state index < -0.39 is 12.1 Å². The van der Waals surface area contributed by atoms with Gasteiger partial charge in [-0.25, -0.2) is 4.79 Å². The molecule has 6 heteroatoms. The molecule has 1 N–H and O–H groups in total. The molecule has 1 saturated heterocycles. The second-order valence-corrected chi connectivity index (χ2v) is 5.92. The molecular weight excluding hydrogens is 294 g/mol. The maximum atomic E-state index is 12.4. The van der Waals surface area contributed by atoms with Gasteiger partial charge in [-0.15, -0.1) is 0 Å². The van der Waals surface area contributed by atoms with Crippen LogP contribution in [-0.4, -0.2) is 47.7 Å². The molecule has 0 spiro atoms. The summed E-state index contributed by atoms with van der Waals surface area (Å²) in [5.74, 6) is -0.859.